The third-order valence-corrected chi connectivity index (χ3v) is 5.67. The Labute approximate surface area is 155 Å². The van der Waals surface area contributed by atoms with Gasteiger partial charge in [-0.25, -0.2) is 0 Å². The van der Waals surface area contributed by atoms with E-state index in [1.807, 2.05) is 23.1 Å². The fraction of sp³-hybridized carbons (Fsp3) is 0.368. The van der Waals surface area contributed by atoms with Crippen LogP contribution in [0.15, 0.2) is 40.9 Å². The number of aryl methyl sites for hydroxylation is 1. The Balaban J connectivity index is 1.44. The molecule has 3 aromatic rings. The van der Waals surface area contributed by atoms with E-state index in [0.29, 0.717) is 18.0 Å². The summed E-state index contributed by atoms with van der Waals surface area (Å²) in [4.78, 5) is 14.5. The molecular weight excluding hydrogens is 348 g/mol. The average molecular weight is 368 g/mol. The van der Waals surface area contributed by atoms with Crippen molar-refractivity contribution >= 4 is 17.2 Å². The first-order valence-corrected chi connectivity index (χ1v) is 9.59. The third kappa shape index (κ3) is 3.67. The molecule has 4 rings (SSSR count). The number of hydrogen-bond acceptors (Lipinski definition) is 6. The van der Waals surface area contributed by atoms with Gasteiger partial charge in [0, 0.05) is 31.5 Å². The van der Waals surface area contributed by atoms with Gasteiger partial charge in [0.25, 0.3) is 5.91 Å². The van der Waals surface area contributed by atoms with Gasteiger partial charge in [0.05, 0.1) is 0 Å². The Hall–Kier alpha value is -2.54. The van der Waals surface area contributed by atoms with E-state index in [-0.39, 0.29) is 11.8 Å². The van der Waals surface area contributed by atoms with Gasteiger partial charge in [0.1, 0.15) is 15.8 Å². The first-order valence-electron chi connectivity index (χ1n) is 8.78. The first-order chi connectivity index (χ1) is 12.7. The molecule has 1 aromatic carbocycles. The highest BCUT2D eigenvalue weighted by molar-refractivity contribution is 7.11. The maximum atomic E-state index is 12.6. The SMILES string of the molecule is Cc1cc(C(=O)N2CCCC(c3nnc(Cc4ccccc4)s3)C2)no1. The number of piperidine rings is 1. The highest BCUT2D eigenvalue weighted by Gasteiger charge is 2.29. The summed E-state index contributed by atoms with van der Waals surface area (Å²) in [5.74, 6) is 0.819. The lowest BCUT2D eigenvalue weighted by Crippen LogP contribution is -2.39. The molecule has 1 saturated heterocycles. The molecule has 1 atom stereocenters. The van der Waals surface area contributed by atoms with Crippen LogP contribution in [0.4, 0.5) is 0 Å². The van der Waals surface area contributed by atoms with Crippen molar-refractivity contribution < 1.29 is 9.32 Å². The Kier molecular flexibility index (Phi) is 4.79. The lowest BCUT2D eigenvalue weighted by molar-refractivity contribution is 0.0696. The number of hydrogen-bond donors (Lipinski definition) is 0. The minimum atomic E-state index is -0.0689. The monoisotopic (exact) mass is 368 g/mol. The third-order valence-electron chi connectivity index (χ3n) is 4.59. The largest absolute Gasteiger partial charge is 0.361 e. The van der Waals surface area contributed by atoms with Gasteiger partial charge in [-0.3, -0.25) is 4.79 Å². The zero-order valence-corrected chi connectivity index (χ0v) is 15.4. The zero-order chi connectivity index (χ0) is 17.9. The zero-order valence-electron chi connectivity index (χ0n) is 14.6. The maximum absolute atomic E-state index is 12.6. The van der Waals surface area contributed by atoms with E-state index in [4.69, 9.17) is 4.52 Å². The van der Waals surface area contributed by atoms with Crippen molar-refractivity contribution in [1.29, 1.82) is 0 Å². The van der Waals surface area contributed by atoms with E-state index < -0.39 is 0 Å². The summed E-state index contributed by atoms with van der Waals surface area (Å²) >= 11 is 1.65. The summed E-state index contributed by atoms with van der Waals surface area (Å²) < 4.78 is 5.03. The Morgan fingerprint density at radius 3 is 2.92 bits per heavy atom. The van der Waals surface area contributed by atoms with E-state index in [1.54, 1.807) is 24.3 Å². The van der Waals surface area contributed by atoms with Crippen molar-refractivity contribution in [2.24, 2.45) is 0 Å². The van der Waals surface area contributed by atoms with E-state index in [9.17, 15) is 4.79 Å². The molecule has 6 nitrogen and oxygen atoms in total. The summed E-state index contributed by atoms with van der Waals surface area (Å²) in [6.45, 7) is 3.19. The van der Waals surface area contributed by atoms with E-state index >= 15 is 0 Å². The van der Waals surface area contributed by atoms with Gasteiger partial charge >= 0.3 is 0 Å². The molecule has 0 N–H and O–H groups in total. The van der Waals surface area contributed by atoms with Crippen LogP contribution in [0.2, 0.25) is 0 Å². The predicted octanol–water partition coefficient (Wildman–Crippen LogP) is 3.45. The summed E-state index contributed by atoms with van der Waals surface area (Å²) in [6.07, 6.45) is 2.79. The molecule has 1 fully saturated rings. The fourth-order valence-electron chi connectivity index (χ4n) is 3.27. The Morgan fingerprint density at radius 1 is 1.31 bits per heavy atom. The van der Waals surface area contributed by atoms with Crippen LogP contribution in [0.1, 0.15) is 50.6 Å². The average Bonchev–Trinajstić information content (AvgIpc) is 3.31. The summed E-state index contributed by atoms with van der Waals surface area (Å²) in [6, 6.07) is 12.0. The quantitative estimate of drug-likeness (QED) is 0.705. The number of aromatic nitrogens is 3. The topological polar surface area (TPSA) is 72.1 Å². The summed E-state index contributed by atoms with van der Waals surface area (Å²) in [7, 11) is 0. The number of benzene rings is 1. The number of carbonyl (C=O) groups excluding carboxylic acids is 1. The molecule has 1 aliphatic rings. The van der Waals surface area contributed by atoms with E-state index in [1.165, 1.54) is 5.56 Å². The molecule has 3 heterocycles. The molecule has 7 heteroatoms. The van der Waals surface area contributed by atoms with E-state index in [2.05, 4.69) is 27.5 Å². The van der Waals surface area contributed by atoms with Gasteiger partial charge in [-0.15, -0.1) is 21.5 Å². The smallest absolute Gasteiger partial charge is 0.276 e. The first kappa shape index (κ1) is 16.9. The highest BCUT2D eigenvalue weighted by atomic mass is 32.1. The van der Waals surface area contributed by atoms with Crippen LogP contribution in [-0.4, -0.2) is 39.3 Å². The number of rotatable bonds is 4. The Bertz CT molecular complexity index is 890. The number of carbonyl (C=O) groups is 1. The van der Waals surface area contributed by atoms with Gasteiger partial charge in [0.15, 0.2) is 5.69 Å². The lowest BCUT2D eigenvalue weighted by Gasteiger charge is -2.30. The molecule has 0 spiro atoms. The number of nitrogens with zero attached hydrogens (tertiary/aromatic N) is 4. The van der Waals surface area contributed by atoms with Gasteiger partial charge < -0.3 is 9.42 Å². The molecule has 26 heavy (non-hydrogen) atoms. The van der Waals surface area contributed by atoms with Crippen molar-refractivity contribution in [2.45, 2.75) is 32.1 Å². The van der Waals surface area contributed by atoms with Crippen molar-refractivity contribution in [2.75, 3.05) is 13.1 Å². The molecule has 1 amide bonds. The van der Waals surface area contributed by atoms with E-state index in [0.717, 1.165) is 35.8 Å². The van der Waals surface area contributed by atoms with Crippen LogP contribution in [0.5, 0.6) is 0 Å². The summed E-state index contributed by atoms with van der Waals surface area (Å²) in [5.41, 5.74) is 1.61. The molecule has 1 aliphatic heterocycles. The van der Waals surface area contributed by atoms with Crippen molar-refractivity contribution in [1.82, 2.24) is 20.3 Å². The second-order valence-electron chi connectivity index (χ2n) is 6.61. The Morgan fingerprint density at radius 2 is 2.15 bits per heavy atom. The second kappa shape index (κ2) is 7.37. The van der Waals surface area contributed by atoms with Crippen LogP contribution >= 0.6 is 11.3 Å². The highest BCUT2D eigenvalue weighted by Crippen LogP contribution is 2.30. The minimum absolute atomic E-state index is 0.0689. The van der Waals surface area contributed by atoms with Crippen molar-refractivity contribution in [3.8, 4) is 0 Å². The fourth-order valence-corrected chi connectivity index (χ4v) is 4.27. The van der Waals surface area contributed by atoms with Gasteiger partial charge in [-0.2, -0.15) is 0 Å². The molecule has 2 aromatic heterocycles. The van der Waals surface area contributed by atoms with Gasteiger partial charge in [-0.1, -0.05) is 35.5 Å². The summed E-state index contributed by atoms with van der Waals surface area (Å²) in [5, 5.41) is 14.6. The van der Waals surface area contributed by atoms with Crippen LogP contribution in [0.25, 0.3) is 0 Å². The standard InChI is InChI=1S/C19H20N4O2S/c1-13-10-16(22-25-13)19(24)23-9-5-8-15(12-23)18-21-20-17(26-18)11-14-6-3-2-4-7-14/h2-4,6-7,10,15H,5,8-9,11-12H2,1H3. The molecular formula is C19H20N4O2S. The molecule has 0 aliphatic carbocycles. The minimum Gasteiger partial charge on any atom is -0.361 e. The van der Waals surface area contributed by atoms with Crippen LogP contribution in [-0.2, 0) is 6.42 Å². The molecule has 0 saturated carbocycles. The normalized spacial score (nSPS) is 17.4. The maximum Gasteiger partial charge on any atom is 0.276 e. The molecule has 0 radical (unpaired) electrons. The van der Waals surface area contributed by atoms with Gasteiger partial charge in [-0.05, 0) is 25.3 Å². The molecule has 1 unspecified atom stereocenters. The lowest BCUT2D eigenvalue weighted by atomic mass is 9.98. The number of amides is 1. The van der Waals surface area contributed by atoms with Crippen LogP contribution < -0.4 is 0 Å². The van der Waals surface area contributed by atoms with Crippen molar-refractivity contribution in [3.05, 3.63) is 63.4 Å². The molecule has 0 bridgehead atoms. The van der Waals surface area contributed by atoms with Crippen molar-refractivity contribution in [3.63, 3.8) is 0 Å². The second-order valence-corrected chi connectivity index (χ2v) is 7.70. The van der Waals surface area contributed by atoms with Gasteiger partial charge in [0.2, 0.25) is 0 Å². The van der Waals surface area contributed by atoms with Crippen LogP contribution in [0, 0.1) is 6.92 Å². The van der Waals surface area contributed by atoms with Crippen LogP contribution in [0.3, 0.4) is 0 Å². The predicted molar refractivity (Wildman–Crippen MR) is 98.3 cm³/mol. The number of likely N-dealkylation sites (tertiary alicyclic amines) is 1. The molecule has 134 valence electrons.